The standard InChI is InChI=1S/C17H22N4O4/c1-5-18-12-13(17(25)21(6-2)16(12)24)19-11-9-7-8-10(14(11)22)15(23)20(3)4/h7-9,18-19,22H,5-6H2,1-4H3. The molecular weight excluding hydrogens is 324 g/mol. The van der Waals surface area contributed by atoms with E-state index in [0.717, 1.165) is 4.90 Å². The Labute approximate surface area is 146 Å². The molecule has 2 rings (SSSR count). The van der Waals surface area contributed by atoms with Crippen LogP contribution >= 0.6 is 0 Å². The highest BCUT2D eigenvalue weighted by Crippen LogP contribution is 2.31. The number of carbonyl (C=O) groups excluding carboxylic acids is 3. The summed E-state index contributed by atoms with van der Waals surface area (Å²) in [7, 11) is 3.15. The number of likely N-dealkylation sites (N-methyl/N-ethyl adjacent to an activating group) is 2. The van der Waals surface area contributed by atoms with Gasteiger partial charge in [-0.2, -0.15) is 0 Å². The fourth-order valence-corrected chi connectivity index (χ4v) is 2.51. The van der Waals surface area contributed by atoms with Gasteiger partial charge in [0.25, 0.3) is 17.7 Å². The van der Waals surface area contributed by atoms with E-state index in [9.17, 15) is 19.5 Å². The third-order valence-corrected chi connectivity index (χ3v) is 3.77. The van der Waals surface area contributed by atoms with Crippen molar-refractivity contribution in [3.8, 4) is 5.75 Å². The summed E-state index contributed by atoms with van der Waals surface area (Å²) in [4.78, 5) is 39.3. The van der Waals surface area contributed by atoms with Gasteiger partial charge in [-0.1, -0.05) is 6.07 Å². The van der Waals surface area contributed by atoms with Crippen LogP contribution in [-0.2, 0) is 9.59 Å². The average Bonchev–Trinajstić information content (AvgIpc) is 2.80. The summed E-state index contributed by atoms with van der Waals surface area (Å²) in [6.07, 6.45) is 0. The molecular formula is C17H22N4O4. The zero-order valence-electron chi connectivity index (χ0n) is 14.7. The summed E-state index contributed by atoms with van der Waals surface area (Å²) in [5, 5.41) is 16.1. The van der Waals surface area contributed by atoms with Gasteiger partial charge in [0.05, 0.1) is 11.3 Å². The van der Waals surface area contributed by atoms with Crippen LogP contribution in [-0.4, -0.2) is 59.8 Å². The first-order chi connectivity index (χ1) is 11.8. The van der Waals surface area contributed by atoms with Crippen LogP contribution in [0.15, 0.2) is 29.6 Å². The van der Waals surface area contributed by atoms with Crippen LogP contribution in [0.25, 0.3) is 0 Å². The predicted molar refractivity (Wildman–Crippen MR) is 92.8 cm³/mol. The Morgan fingerprint density at radius 2 is 1.80 bits per heavy atom. The molecule has 0 aromatic heterocycles. The van der Waals surface area contributed by atoms with Crippen molar-refractivity contribution in [1.82, 2.24) is 15.1 Å². The minimum atomic E-state index is -0.479. The zero-order valence-corrected chi connectivity index (χ0v) is 14.7. The zero-order chi connectivity index (χ0) is 18.7. The lowest BCUT2D eigenvalue weighted by molar-refractivity contribution is -0.137. The van der Waals surface area contributed by atoms with Gasteiger partial charge in [-0.25, -0.2) is 0 Å². The normalized spacial score (nSPS) is 14.2. The summed E-state index contributed by atoms with van der Waals surface area (Å²) in [5.74, 6) is -1.55. The van der Waals surface area contributed by atoms with Gasteiger partial charge in [-0.3, -0.25) is 19.3 Å². The van der Waals surface area contributed by atoms with Gasteiger partial charge in [-0.15, -0.1) is 0 Å². The summed E-state index contributed by atoms with van der Waals surface area (Å²) in [6, 6.07) is 4.61. The maximum atomic E-state index is 12.5. The molecule has 0 atom stereocenters. The Bertz CT molecular complexity index is 755. The van der Waals surface area contributed by atoms with Gasteiger partial charge in [0.15, 0.2) is 5.75 Å². The van der Waals surface area contributed by atoms with E-state index in [4.69, 9.17) is 0 Å². The molecule has 0 unspecified atom stereocenters. The monoisotopic (exact) mass is 346 g/mol. The van der Waals surface area contributed by atoms with Crippen molar-refractivity contribution in [2.24, 2.45) is 0 Å². The Hall–Kier alpha value is -3.03. The fourth-order valence-electron chi connectivity index (χ4n) is 2.51. The number of hydrogen-bond acceptors (Lipinski definition) is 6. The number of phenolic OH excluding ortho intramolecular Hbond substituents is 1. The maximum absolute atomic E-state index is 12.5. The molecule has 0 fully saturated rings. The van der Waals surface area contributed by atoms with Crippen molar-refractivity contribution in [2.45, 2.75) is 13.8 Å². The summed E-state index contributed by atoms with van der Waals surface area (Å²) in [5.41, 5.74) is 0.485. The Morgan fingerprint density at radius 1 is 1.16 bits per heavy atom. The first-order valence-corrected chi connectivity index (χ1v) is 7.98. The molecule has 8 heteroatoms. The number of para-hydroxylation sites is 1. The summed E-state index contributed by atoms with van der Waals surface area (Å²) >= 11 is 0. The number of aromatic hydroxyl groups is 1. The van der Waals surface area contributed by atoms with Crippen molar-refractivity contribution < 1.29 is 19.5 Å². The Morgan fingerprint density at radius 3 is 2.36 bits per heavy atom. The van der Waals surface area contributed by atoms with E-state index in [1.54, 1.807) is 27.1 Å². The molecule has 134 valence electrons. The quantitative estimate of drug-likeness (QED) is 0.518. The number of rotatable bonds is 6. The van der Waals surface area contributed by atoms with Crippen LogP contribution in [0.3, 0.4) is 0 Å². The fraction of sp³-hybridized carbons (Fsp3) is 0.353. The first kappa shape index (κ1) is 18.3. The van der Waals surface area contributed by atoms with E-state index < -0.39 is 11.8 Å². The second-order valence-corrected chi connectivity index (χ2v) is 5.66. The van der Waals surface area contributed by atoms with Crippen molar-refractivity contribution in [2.75, 3.05) is 32.5 Å². The highest BCUT2D eigenvalue weighted by Gasteiger charge is 2.37. The third kappa shape index (κ3) is 3.28. The Kier molecular flexibility index (Phi) is 5.31. The van der Waals surface area contributed by atoms with E-state index in [2.05, 4.69) is 10.6 Å². The van der Waals surface area contributed by atoms with Gasteiger partial charge >= 0.3 is 0 Å². The predicted octanol–water partition coefficient (Wildman–Crippen LogP) is 0.716. The summed E-state index contributed by atoms with van der Waals surface area (Å²) in [6.45, 7) is 4.21. The van der Waals surface area contributed by atoms with Crippen molar-refractivity contribution in [3.63, 3.8) is 0 Å². The van der Waals surface area contributed by atoms with Gasteiger partial charge < -0.3 is 20.6 Å². The number of hydrogen-bond donors (Lipinski definition) is 3. The van der Waals surface area contributed by atoms with Crippen LogP contribution in [0.5, 0.6) is 5.75 Å². The molecule has 0 radical (unpaired) electrons. The Balaban J connectivity index is 2.44. The van der Waals surface area contributed by atoms with Crippen LogP contribution in [0.1, 0.15) is 24.2 Å². The van der Waals surface area contributed by atoms with Crippen molar-refractivity contribution >= 4 is 23.4 Å². The molecule has 1 aromatic rings. The topological polar surface area (TPSA) is 102 Å². The molecule has 1 aromatic carbocycles. The number of anilines is 1. The van der Waals surface area contributed by atoms with Crippen molar-refractivity contribution in [1.29, 1.82) is 0 Å². The SMILES string of the molecule is CCNC1=C(Nc2cccc(C(=O)N(C)C)c2O)C(=O)N(CC)C1=O. The lowest BCUT2D eigenvalue weighted by Gasteiger charge is -2.15. The molecule has 1 aliphatic rings. The molecule has 8 nitrogen and oxygen atoms in total. The lowest BCUT2D eigenvalue weighted by atomic mass is 10.1. The van der Waals surface area contributed by atoms with E-state index >= 15 is 0 Å². The summed E-state index contributed by atoms with van der Waals surface area (Å²) < 4.78 is 0. The van der Waals surface area contributed by atoms with E-state index in [0.29, 0.717) is 6.54 Å². The molecule has 0 aliphatic carbocycles. The van der Waals surface area contributed by atoms with E-state index in [1.165, 1.54) is 17.0 Å². The third-order valence-electron chi connectivity index (χ3n) is 3.77. The average molecular weight is 346 g/mol. The number of phenols is 1. The van der Waals surface area contributed by atoms with Crippen molar-refractivity contribution in [3.05, 3.63) is 35.2 Å². The van der Waals surface area contributed by atoms with Crippen LogP contribution in [0, 0.1) is 0 Å². The molecule has 3 amide bonds. The second-order valence-electron chi connectivity index (χ2n) is 5.66. The number of amides is 3. The second kappa shape index (κ2) is 7.25. The molecule has 25 heavy (non-hydrogen) atoms. The number of nitrogens with one attached hydrogen (secondary N) is 2. The number of nitrogens with zero attached hydrogens (tertiary/aromatic N) is 2. The highest BCUT2D eigenvalue weighted by molar-refractivity contribution is 6.20. The van der Waals surface area contributed by atoms with E-state index in [-0.39, 0.29) is 40.8 Å². The molecule has 0 spiro atoms. The first-order valence-electron chi connectivity index (χ1n) is 7.98. The van der Waals surface area contributed by atoms with Crippen LogP contribution < -0.4 is 10.6 Å². The van der Waals surface area contributed by atoms with Gasteiger partial charge in [0.2, 0.25) is 0 Å². The van der Waals surface area contributed by atoms with E-state index in [1.807, 2.05) is 6.92 Å². The molecule has 3 N–H and O–H groups in total. The molecule has 0 bridgehead atoms. The number of carbonyl (C=O) groups is 3. The maximum Gasteiger partial charge on any atom is 0.279 e. The molecule has 1 aliphatic heterocycles. The smallest absolute Gasteiger partial charge is 0.279 e. The van der Waals surface area contributed by atoms with Crippen LogP contribution in [0.2, 0.25) is 0 Å². The van der Waals surface area contributed by atoms with Gasteiger partial charge in [0.1, 0.15) is 11.4 Å². The largest absolute Gasteiger partial charge is 0.505 e. The number of benzene rings is 1. The molecule has 0 saturated heterocycles. The van der Waals surface area contributed by atoms with Gasteiger partial charge in [-0.05, 0) is 26.0 Å². The van der Waals surface area contributed by atoms with Gasteiger partial charge in [0, 0.05) is 27.2 Å². The molecule has 0 saturated carbocycles. The minimum absolute atomic E-state index is 0.0541. The number of imide groups is 1. The lowest BCUT2D eigenvalue weighted by Crippen LogP contribution is -2.33. The molecule has 1 heterocycles. The minimum Gasteiger partial charge on any atom is -0.505 e. The highest BCUT2D eigenvalue weighted by atomic mass is 16.3. The van der Waals surface area contributed by atoms with Crippen LogP contribution in [0.4, 0.5) is 5.69 Å².